The molecule has 8 nitrogen and oxygen atoms in total. The Labute approximate surface area is 181 Å². The van der Waals surface area contributed by atoms with Crippen molar-refractivity contribution in [3.05, 3.63) is 71.8 Å². The minimum atomic E-state index is -0.847. The molecule has 1 heterocycles. The van der Waals surface area contributed by atoms with Crippen molar-refractivity contribution < 1.29 is 28.6 Å². The van der Waals surface area contributed by atoms with Gasteiger partial charge in [0.1, 0.15) is 19.3 Å². The zero-order chi connectivity index (χ0) is 22.1. The summed E-state index contributed by atoms with van der Waals surface area (Å²) in [6.07, 6.45) is -0.752. The average molecular weight is 426 g/mol. The predicted octanol–water partition coefficient (Wildman–Crippen LogP) is 3.11. The molecule has 0 radical (unpaired) electrons. The molecule has 2 amide bonds. The fourth-order valence-corrected chi connectivity index (χ4v) is 3.28. The number of benzene rings is 2. The number of amides is 2. The molecule has 8 heteroatoms. The van der Waals surface area contributed by atoms with Crippen LogP contribution >= 0.6 is 0 Å². The van der Waals surface area contributed by atoms with Crippen LogP contribution in [0.2, 0.25) is 0 Å². The Bertz CT molecular complexity index is 868. The van der Waals surface area contributed by atoms with Gasteiger partial charge in [-0.2, -0.15) is 0 Å². The van der Waals surface area contributed by atoms with Crippen molar-refractivity contribution in [2.24, 2.45) is 5.92 Å². The van der Waals surface area contributed by atoms with Crippen LogP contribution in [-0.4, -0.2) is 49.3 Å². The van der Waals surface area contributed by atoms with Crippen LogP contribution in [-0.2, 0) is 32.2 Å². The fourth-order valence-electron chi connectivity index (χ4n) is 3.28. The summed E-state index contributed by atoms with van der Waals surface area (Å²) in [5.74, 6) is -0.510. The van der Waals surface area contributed by atoms with E-state index < -0.39 is 24.2 Å². The molecule has 1 aliphatic heterocycles. The number of methoxy groups -OCH3 is 1. The summed E-state index contributed by atoms with van der Waals surface area (Å²) in [6.45, 7) is 1.20. The zero-order valence-electron chi connectivity index (χ0n) is 17.4. The molecule has 0 bridgehead atoms. The first-order valence-electron chi connectivity index (χ1n) is 10.1. The standard InChI is InChI=1S/C23H26N2O6/c1-29-21(26)20(24-22(27)30-15-17-8-4-2-5-9-17)12-19-13-25(14-19)23(28)31-16-18-10-6-3-7-11-18/h2-11,19-20H,12-16H2,1H3,(H,24,27). The van der Waals surface area contributed by atoms with Gasteiger partial charge in [-0.1, -0.05) is 60.7 Å². The van der Waals surface area contributed by atoms with Crippen LogP contribution in [0, 0.1) is 5.92 Å². The normalized spacial score (nSPS) is 14.2. The maximum atomic E-state index is 12.1. The van der Waals surface area contributed by atoms with E-state index in [1.807, 2.05) is 60.7 Å². The number of carbonyl (C=O) groups excluding carboxylic acids is 3. The molecule has 3 rings (SSSR count). The highest BCUT2D eigenvalue weighted by atomic mass is 16.6. The highest BCUT2D eigenvalue weighted by Gasteiger charge is 2.36. The van der Waals surface area contributed by atoms with Crippen LogP contribution in [0.1, 0.15) is 17.5 Å². The summed E-state index contributed by atoms with van der Waals surface area (Å²) in [5.41, 5.74) is 1.76. The van der Waals surface area contributed by atoms with Crippen LogP contribution in [0.5, 0.6) is 0 Å². The average Bonchev–Trinajstić information content (AvgIpc) is 2.78. The fraction of sp³-hybridized carbons (Fsp3) is 0.348. The molecule has 0 saturated carbocycles. The van der Waals surface area contributed by atoms with Crippen LogP contribution in [0.3, 0.4) is 0 Å². The number of ether oxygens (including phenoxy) is 3. The van der Waals surface area contributed by atoms with Crippen LogP contribution in [0.25, 0.3) is 0 Å². The molecule has 31 heavy (non-hydrogen) atoms. The summed E-state index contributed by atoms with van der Waals surface area (Å²) in [4.78, 5) is 37.9. The molecule has 1 fully saturated rings. The van der Waals surface area contributed by atoms with Crippen LogP contribution < -0.4 is 5.32 Å². The number of hydrogen-bond acceptors (Lipinski definition) is 6. The maximum absolute atomic E-state index is 12.1. The van der Waals surface area contributed by atoms with Gasteiger partial charge in [-0.15, -0.1) is 0 Å². The molecular formula is C23H26N2O6. The maximum Gasteiger partial charge on any atom is 0.410 e. The van der Waals surface area contributed by atoms with E-state index in [4.69, 9.17) is 14.2 Å². The Kier molecular flexibility index (Phi) is 7.86. The van der Waals surface area contributed by atoms with Gasteiger partial charge in [0.2, 0.25) is 0 Å². The Morgan fingerprint density at radius 3 is 2.03 bits per heavy atom. The quantitative estimate of drug-likeness (QED) is 0.515. The van der Waals surface area contributed by atoms with Gasteiger partial charge in [-0.05, 0) is 23.5 Å². The summed E-state index contributed by atoms with van der Waals surface area (Å²) in [6, 6.07) is 17.8. The number of rotatable bonds is 8. The molecule has 1 atom stereocenters. The monoisotopic (exact) mass is 426 g/mol. The van der Waals surface area contributed by atoms with Crippen molar-refractivity contribution in [3.8, 4) is 0 Å². The van der Waals surface area contributed by atoms with E-state index >= 15 is 0 Å². The second-order valence-electron chi connectivity index (χ2n) is 7.33. The van der Waals surface area contributed by atoms with Gasteiger partial charge in [-0.3, -0.25) is 0 Å². The summed E-state index contributed by atoms with van der Waals surface area (Å²) in [5, 5.41) is 2.56. The lowest BCUT2D eigenvalue weighted by Crippen LogP contribution is -2.53. The molecule has 1 saturated heterocycles. The third-order valence-electron chi connectivity index (χ3n) is 4.98. The lowest BCUT2D eigenvalue weighted by molar-refractivity contribution is -0.143. The smallest absolute Gasteiger partial charge is 0.410 e. The largest absolute Gasteiger partial charge is 0.467 e. The van der Waals surface area contributed by atoms with E-state index in [0.717, 1.165) is 11.1 Å². The second-order valence-corrected chi connectivity index (χ2v) is 7.33. The molecule has 1 unspecified atom stereocenters. The van der Waals surface area contributed by atoms with Crippen LogP contribution in [0.4, 0.5) is 9.59 Å². The van der Waals surface area contributed by atoms with Gasteiger partial charge < -0.3 is 24.4 Å². The number of nitrogens with one attached hydrogen (secondary N) is 1. The molecule has 2 aromatic rings. The van der Waals surface area contributed by atoms with Gasteiger partial charge in [-0.25, -0.2) is 14.4 Å². The van der Waals surface area contributed by atoms with E-state index in [2.05, 4.69) is 5.32 Å². The van der Waals surface area contributed by atoms with Gasteiger partial charge in [0.05, 0.1) is 7.11 Å². The predicted molar refractivity (Wildman–Crippen MR) is 112 cm³/mol. The number of hydrogen-bond donors (Lipinski definition) is 1. The first kappa shape index (κ1) is 22.1. The molecule has 0 spiro atoms. The van der Waals surface area contributed by atoms with E-state index in [-0.39, 0.29) is 19.1 Å². The van der Waals surface area contributed by atoms with E-state index in [0.29, 0.717) is 19.5 Å². The number of esters is 1. The molecule has 1 N–H and O–H groups in total. The third kappa shape index (κ3) is 6.74. The summed E-state index contributed by atoms with van der Waals surface area (Å²) >= 11 is 0. The van der Waals surface area contributed by atoms with Crippen molar-refractivity contribution in [2.45, 2.75) is 25.7 Å². The zero-order valence-corrected chi connectivity index (χ0v) is 17.4. The molecular weight excluding hydrogens is 400 g/mol. The molecule has 0 aromatic heterocycles. The third-order valence-corrected chi connectivity index (χ3v) is 4.98. The van der Waals surface area contributed by atoms with Gasteiger partial charge >= 0.3 is 18.2 Å². The first-order chi connectivity index (χ1) is 15.0. The van der Waals surface area contributed by atoms with Crippen molar-refractivity contribution in [2.75, 3.05) is 20.2 Å². The number of nitrogens with zero attached hydrogens (tertiary/aromatic N) is 1. The number of likely N-dealkylation sites (tertiary alicyclic amines) is 1. The van der Waals surface area contributed by atoms with Crippen LogP contribution in [0.15, 0.2) is 60.7 Å². The Morgan fingerprint density at radius 2 is 1.48 bits per heavy atom. The van der Waals surface area contributed by atoms with Crippen molar-refractivity contribution in [1.82, 2.24) is 10.2 Å². The Hall–Kier alpha value is -3.55. The SMILES string of the molecule is COC(=O)C(CC1CN(C(=O)OCc2ccccc2)C1)NC(=O)OCc1ccccc1. The molecule has 1 aliphatic rings. The Balaban J connectivity index is 1.41. The van der Waals surface area contributed by atoms with Crippen molar-refractivity contribution in [3.63, 3.8) is 0 Å². The summed E-state index contributed by atoms with van der Waals surface area (Å²) < 4.78 is 15.3. The number of alkyl carbamates (subject to hydrolysis) is 1. The Morgan fingerprint density at radius 1 is 0.935 bits per heavy atom. The highest BCUT2D eigenvalue weighted by molar-refractivity contribution is 5.81. The lowest BCUT2D eigenvalue weighted by Gasteiger charge is -2.39. The molecule has 0 aliphatic carbocycles. The van der Waals surface area contributed by atoms with Gasteiger partial charge in [0, 0.05) is 13.1 Å². The van der Waals surface area contributed by atoms with Crippen molar-refractivity contribution >= 4 is 18.2 Å². The second kappa shape index (κ2) is 11.0. The van der Waals surface area contributed by atoms with E-state index in [1.54, 1.807) is 4.90 Å². The topological polar surface area (TPSA) is 94.2 Å². The minimum absolute atomic E-state index is 0.0443. The van der Waals surface area contributed by atoms with Gasteiger partial charge in [0.15, 0.2) is 0 Å². The number of carbonyl (C=O) groups is 3. The minimum Gasteiger partial charge on any atom is -0.467 e. The van der Waals surface area contributed by atoms with Gasteiger partial charge in [0.25, 0.3) is 0 Å². The highest BCUT2D eigenvalue weighted by Crippen LogP contribution is 2.22. The molecule has 164 valence electrons. The lowest BCUT2D eigenvalue weighted by atomic mass is 9.92. The molecule has 2 aromatic carbocycles. The van der Waals surface area contributed by atoms with E-state index in [1.165, 1.54) is 7.11 Å². The van der Waals surface area contributed by atoms with Crippen molar-refractivity contribution in [1.29, 1.82) is 0 Å². The summed E-state index contributed by atoms with van der Waals surface area (Å²) in [7, 11) is 1.26. The van der Waals surface area contributed by atoms with E-state index in [9.17, 15) is 14.4 Å². The first-order valence-corrected chi connectivity index (χ1v) is 10.1.